The van der Waals surface area contributed by atoms with Crippen LogP contribution in [0.5, 0.6) is 17.2 Å². The monoisotopic (exact) mass is 479 g/mol. The molecule has 0 fully saturated rings. The molecule has 0 atom stereocenters. The van der Waals surface area contributed by atoms with Crippen molar-refractivity contribution in [2.24, 2.45) is 0 Å². The van der Waals surface area contributed by atoms with Crippen molar-refractivity contribution in [3.05, 3.63) is 89.5 Å². The number of hydrogen-bond donors (Lipinski definition) is 3. The summed E-state index contributed by atoms with van der Waals surface area (Å²) in [5.41, 5.74) is 6.79. The van der Waals surface area contributed by atoms with Crippen molar-refractivity contribution in [2.75, 3.05) is 20.8 Å². The zero-order chi connectivity index (χ0) is 24.3. The quantitative estimate of drug-likeness (QED) is 0.337. The number of benzene rings is 3. The standard InChI is InChI=1S/C25H25N3O5S/c1-31-20-12-13-21(22(16-20)32-2)24(30)27-28-25(34)26-23(29)18-8-10-19(11-9-18)33-15-14-17-6-4-3-5-7-17/h3-13,16H,14-15H2,1-2H3,(H,27,30)(H2,26,28,29,34). The van der Waals surface area contributed by atoms with Crippen LogP contribution in [0, 0.1) is 0 Å². The molecule has 9 heteroatoms. The summed E-state index contributed by atoms with van der Waals surface area (Å²) in [5, 5.41) is 2.45. The largest absolute Gasteiger partial charge is 0.497 e. The van der Waals surface area contributed by atoms with E-state index in [1.807, 2.05) is 30.3 Å². The maximum absolute atomic E-state index is 12.4. The Morgan fingerprint density at radius 2 is 1.53 bits per heavy atom. The Labute approximate surface area is 203 Å². The molecule has 3 rings (SSSR count). The molecule has 0 aliphatic heterocycles. The molecule has 0 radical (unpaired) electrons. The normalized spacial score (nSPS) is 10.1. The number of methoxy groups -OCH3 is 2. The molecule has 0 saturated heterocycles. The number of carbonyl (C=O) groups is 2. The van der Waals surface area contributed by atoms with Crippen molar-refractivity contribution in [1.29, 1.82) is 0 Å². The van der Waals surface area contributed by atoms with Gasteiger partial charge in [-0.1, -0.05) is 30.3 Å². The number of ether oxygens (including phenoxy) is 3. The molecular formula is C25H25N3O5S. The van der Waals surface area contributed by atoms with Gasteiger partial charge in [0.1, 0.15) is 17.2 Å². The number of nitrogens with one attached hydrogen (secondary N) is 3. The fraction of sp³-hybridized carbons (Fsp3) is 0.160. The molecule has 0 unspecified atom stereocenters. The second kappa shape index (κ2) is 12.2. The van der Waals surface area contributed by atoms with Gasteiger partial charge in [-0.2, -0.15) is 0 Å². The van der Waals surface area contributed by atoms with E-state index < -0.39 is 11.8 Å². The molecule has 0 aliphatic rings. The van der Waals surface area contributed by atoms with E-state index in [2.05, 4.69) is 16.2 Å². The Bertz CT molecular complexity index is 1140. The highest BCUT2D eigenvalue weighted by atomic mass is 32.1. The van der Waals surface area contributed by atoms with Crippen LogP contribution < -0.4 is 30.4 Å². The van der Waals surface area contributed by atoms with Crippen LogP contribution in [0.4, 0.5) is 0 Å². The number of rotatable bonds is 8. The van der Waals surface area contributed by atoms with E-state index in [4.69, 9.17) is 26.4 Å². The Morgan fingerprint density at radius 3 is 2.21 bits per heavy atom. The Kier molecular flexibility index (Phi) is 8.81. The van der Waals surface area contributed by atoms with E-state index in [0.29, 0.717) is 29.4 Å². The smallest absolute Gasteiger partial charge is 0.273 e. The van der Waals surface area contributed by atoms with Crippen molar-refractivity contribution in [1.82, 2.24) is 16.2 Å². The zero-order valence-corrected chi connectivity index (χ0v) is 19.6. The van der Waals surface area contributed by atoms with Gasteiger partial charge in [-0.3, -0.25) is 25.8 Å². The van der Waals surface area contributed by atoms with Crippen LogP contribution in [0.15, 0.2) is 72.8 Å². The van der Waals surface area contributed by atoms with Gasteiger partial charge in [-0.15, -0.1) is 0 Å². The van der Waals surface area contributed by atoms with Crippen molar-refractivity contribution in [3.63, 3.8) is 0 Å². The molecule has 0 saturated carbocycles. The first-order chi connectivity index (χ1) is 16.5. The number of hydrazine groups is 1. The van der Waals surface area contributed by atoms with Crippen molar-refractivity contribution < 1.29 is 23.8 Å². The molecular weight excluding hydrogens is 454 g/mol. The summed E-state index contributed by atoms with van der Waals surface area (Å²) in [5.74, 6) is 0.628. The van der Waals surface area contributed by atoms with Gasteiger partial charge in [0.15, 0.2) is 5.11 Å². The lowest BCUT2D eigenvalue weighted by molar-refractivity contribution is 0.0932. The Hall–Kier alpha value is -4.11. The number of hydrogen-bond acceptors (Lipinski definition) is 6. The molecule has 3 aromatic rings. The number of amides is 2. The fourth-order valence-corrected chi connectivity index (χ4v) is 3.15. The first-order valence-electron chi connectivity index (χ1n) is 10.4. The first kappa shape index (κ1) is 24.5. The predicted molar refractivity (Wildman–Crippen MR) is 132 cm³/mol. The van der Waals surface area contributed by atoms with E-state index in [1.165, 1.54) is 19.8 Å². The molecule has 8 nitrogen and oxygen atoms in total. The lowest BCUT2D eigenvalue weighted by atomic mass is 10.2. The van der Waals surface area contributed by atoms with Gasteiger partial charge in [-0.05, 0) is 54.2 Å². The maximum atomic E-state index is 12.4. The second-order valence-electron chi connectivity index (χ2n) is 7.04. The van der Waals surface area contributed by atoms with E-state index in [9.17, 15) is 9.59 Å². The SMILES string of the molecule is COc1ccc(C(=O)NNC(=S)NC(=O)c2ccc(OCCc3ccccc3)cc2)c(OC)c1. The average Bonchev–Trinajstić information content (AvgIpc) is 2.87. The molecule has 0 aromatic heterocycles. The molecule has 0 aliphatic carbocycles. The van der Waals surface area contributed by atoms with Crippen LogP contribution >= 0.6 is 12.2 Å². The molecule has 3 N–H and O–H groups in total. The van der Waals surface area contributed by atoms with Crippen LogP contribution in [-0.2, 0) is 6.42 Å². The third-order valence-electron chi connectivity index (χ3n) is 4.79. The maximum Gasteiger partial charge on any atom is 0.273 e. The Morgan fingerprint density at radius 1 is 0.824 bits per heavy atom. The molecule has 0 bridgehead atoms. The van der Waals surface area contributed by atoms with Crippen molar-refractivity contribution in [3.8, 4) is 17.2 Å². The summed E-state index contributed by atoms with van der Waals surface area (Å²) in [4.78, 5) is 24.8. The molecule has 34 heavy (non-hydrogen) atoms. The van der Waals surface area contributed by atoms with Gasteiger partial charge in [0.25, 0.3) is 11.8 Å². The molecule has 2 amide bonds. The second-order valence-corrected chi connectivity index (χ2v) is 7.45. The van der Waals surface area contributed by atoms with Gasteiger partial charge < -0.3 is 14.2 Å². The topological polar surface area (TPSA) is 97.9 Å². The summed E-state index contributed by atoms with van der Waals surface area (Å²) in [6.45, 7) is 0.530. The third kappa shape index (κ3) is 6.94. The van der Waals surface area contributed by atoms with Gasteiger partial charge in [0, 0.05) is 18.1 Å². The van der Waals surface area contributed by atoms with Crippen LogP contribution in [0.2, 0.25) is 0 Å². The average molecular weight is 480 g/mol. The summed E-state index contributed by atoms with van der Waals surface area (Å²) in [7, 11) is 2.97. The highest BCUT2D eigenvalue weighted by Gasteiger charge is 2.14. The van der Waals surface area contributed by atoms with Crippen molar-refractivity contribution >= 4 is 29.1 Å². The van der Waals surface area contributed by atoms with Crippen LogP contribution in [-0.4, -0.2) is 37.8 Å². The molecule has 176 valence electrons. The van der Waals surface area contributed by atoms with Gasteiger partial charge in [0.2, 0.25) is 0 Å². The zero-order valence-electron chi connectivity index (χ0n) is 18.8. The third-order valence-corrected chi connectivity index (χ3v) is 4.99. The number of carbonyl (C=O) groups excluding carboxylic acids is 2. The van der Waals surface area contributed by atoms with E-state index in [0.717, 1.165) is 6.42 Å². The van der Waals surface area contributed by atoms with Gasteiger partial charge in [-0.25, -0.2) is 0 Å². The minimum absolute atomic E-state index is 0.0611. The van der Waals surface area contributed by atoms with Crippen LogP contribution in [0.1, 0.15) is 26.3 Å². The van der Waals surface area contributed by atoms with Crippen LogP contribution in [0.3, 0.4) is 0 Å². The number of thiocarbonyl (C=S) groups is 1. The predicted octanol–water partition coefficient (Wildman–Crippen LogP) is 3.27. The molecule has 0 heterocycles. The van der Waals surface area contributed by atoms with E-state index in [-0.39, 0.29) is 10.7 Å². The molecule has 3 aromatic carbocycles. The summed E-state index contributed by atoms with van der Waals surface area (Å²) >= 11 is 5.10. The fourth-order valence-electron chi connectivity index (χ4n) is 3.01. The summed E-state index contributed by atoms with van der Waals surface area (Å²) in [6, 6.07) is 21.5. The highest BCUT2D eigenvalue weighted by molar-refractivity contribution is 7.80. The summed E-state index contributed by atoms with van der Waals surface area (Å²) < 4.78 is 16.1. The summed E-state index contributed by atoms with van der Waals surface area (Å²) in [6.07, 6.45) is 0.789. The van der Waals surface area contributed by atoms with Crippen molar-refractivity contribution in [2.45, 2.75) is 6.42 Å². The van der Waals surface area contributed by atoms with Crippen LogP contribution in [0.25, 0.3) is 0 Å². The Balaban J connectivity index is 1.46. The minimum Gasteiger partial charge on any atom is -0.497 e. The van der Waals surface area contributed by atoms with E-state index in [1.54, 1.807) is 42.5 Å². The first-order valence-corrected chi connectivity index (χ1v) is 10.8. The highest BCUT2D eigenvalue weighted by Crippen LogP contribution is 2.24. The van der Waals surface area contributed by atoms with Gasteiger partial charge in [0.05, 0.1) is 26.4 Å². The molecule has 0 spiro atoms. The van der Waals surface area contributed by atoms with E-state index >= 15 is 0 Å². The lowest BCUT2D eigenvalue weighted by Crippen LogP contribution is -2.48. The van der Waals surface area contributed by atoms with Gasteiger partial charge >= 0.3 is 0 Å². The minimum atomic E-state index is -0.492. The lowest BCUT2D eigenvalue weighted by Gasteiger charge is -2.13.